The summed E-state index contributed by atoms with van der Waals surface area (Å²) in [5.74, 6) is 0. The summed E-state index contributed by atoms with van der Waals surface area (Å²) in [7, 11) is -1.45. The van der Waals surface area contributed by atoms with Gasteiger partial charge in [0.1, 0.15) is 11.6 Å². The second kappa shape index (κ2) is 5.39. The Kier molecular flexibility index (Phi) is 3.84. The van der Waals surface area contributed by atoms with Gasteiger partial charge in [0.15, 0.2) is 0 Å². The van der Waals surface area contributed by atoms with Crippen molar-refractivity contribution < 1.29 is 4.21 Å². The lowest BCUT2D eigenvalue weighted by molar-refractivity contribution is 0.686. The van der Waals surface area contributed by atoms with Gasteiger partial charge in [0.05, 0.1) is 15.7 Å². The van der Waals surface area contributed by atoms with E-state index in [9.17, 15) is 9.00 Å². The second-order valence-electron chi connectivity index (χ2n) is 3.81. The maximum atomic E-state index is 11.8. The largest absolute Gasteiger partial charge is 0.327 e. The lowest BCUT2D eigenvalue weighted by Crippen LogP contribution is -2.14. The highest BCUT2D eigenvalue weighted by atomic mass is 35.5. The summed E-state index contributed by atoms with van der Waals surface area (Å²) in [5, 5.41) is 9.57. The van der Waals surface area contributed by atoms with Gasteiger partial charge >= 0.3 is 0 Å². The summed E-state index contributed by atoms with van der Waals surface area (Å²) in [6, 6.07) is 8.72. The van der Waals surface area contributed by atoms with Gasteiger partial charge in [-0.05, 0) is 17.7 Å². The van der Waals surface area contributed by atoms with Gasteiger partial charge in [-0.1, -0.05) is 23.7 Å². The van der Waals surface area contributed by atoms with E-state index < -0.39 is 16.4 Å². The van der Waals surface area contributed by atoms with E-state index in [1.54, 1.807) is 30.3 Å². The van der Waals surface area contributed by atoms with E-state index in [4.69, 9.17) is 16.9 Å². The van der Waals surface area contributed by atoms with Gasteiger partial charge in [-0.2, -0.15) is 5.26 Å². The molecule has 1 aromatic heterocycles. The number of hydrogen-bond donors (Lipinski definition) is 1. The monoisotopic (exact) mass is 292 g/mol. The van der Waals surface area contributed by atoms with Gasteiger partial charge < -0.3 is 4.98 Å². The van der Waals surface area contributed by atoms with Crippen LogP contribution in [-0.2, 0) is 10.8 Å². The highest BCUT2D eigenvalue weighted by molar-refractivity contribution is 7.84. The zero-order valence-corrected chi connectivity index (χ0v) is 11.5. The van der Waals surface area contributed by atoms with Gasteiger partial charge in [0.25, 0.3) is 5.56 Å². The fourth-order valence-electron chi connectivity index (χ4n) is 1.78. The number of nitrogens with one attached hydrogen (secondary N) is 1. The minimum atomic E-state index is -1.45. The molecule has 0 spiro atoms. The third-order valence-corrected chi connectivity index (χ3v) is 3.82. The van der Waals surface area contributed by atoms with Crippen LogP contribution in [0.4, 0.5) is 0 Å². The molecular formula is C13H9ClN2O2S. The van der Waals surface area contributed by atoms with Crippen molar-refractivity contribution in [1.82, 2.24) is 4.98 Å². The molecular weight excluding hydrogens is 284 g/mol. The molecule has 1 unspecified atom stereocenters. The van der Waals surface area contributed by atoms with Gasteiger partial charge in [-0.25, -0.2) is 0 Å². The number of aromatic amines is 1. The normalized spacial score (nSPS) is 11.8. The number of H-pyrrole nitrogens is 1. The van der Waals surface area contributed by atoms with Crippen LogP contribution in [0.25, 0.3) is 11.1 Å². The molecule has 0 aliphatic rings. The molecule has 0 bridgehead atoms. The van der Waals surface area contributed by atoms with E-state index in [2.05, 4.69) is 4.98 Å². The standard InChI is InChI=1S/C13H9ClN2O2S/c1-19(18)12-10(6-15)13(17)16-7-11(12)8-3-2-4-9(14)5-8/h2-5,7H,1H3,(H,16,17). The summed E-state index contributed by atoms with van der Waals surface area (Å²) < 4.78 is 11.8. The molecule has 1 aromatic carbocycles. The molecule has 19 heavy (non-hydrogen) atoms. The van der Waals surface area contributed by atoms with Crippen molar-refractivity contribution in [3.8, 4) is 17.2 Å². The van der Waals surface area contributed by atoms with E-state index in [-0.39, 0.29) is 10.5 Å². The summed E-state index contributed by atoms with van der Waals surface area (Å²) in [6.45, 7) is 0. The zero-order valence-electron chi connectivity index (χ0n) is 9.94. The first-order chi connectivity index (χ1) is 9.04. The predicted octanol–water partition coefficient (Wildman–Crippen LogP) is 2.30. The highest BCUT2D eigenvalue weighted by Crippen LogP contribution is 2.28. The van der Waals surface area contributed by atoms with Gasteiger partial charge in [-0.15, -0.1) is 0 Å². The first-order valence-corrected chi connectivity index (χ1v) is 7.23. The Bertz CT molecular complexity index is 762. The van der Waals surface area contributed by atoms with Gasteiger partial charge in [-0.3, -0.25) is 9.00 Å². The molecule has 0 saturated heterocycles. The number of rotatable bonds is 2. The molecule has 0 aliphatic carbocycles. The Morgan fingerprint density at radius 3 is 2.74 bits per heavy atom. The first-order valence-electron chi connectivity index (χ1n) is 5.29. The quantitative estimate of drug-likeness (QED) is 0.923. The average molecular weight is 293 g/mol. The minimum absolute atomic E-state index is 0.127. The minimum Gasteiger partial charge on any atom is -0.327 e. The third-order valence-electron chi connectivity index (χ3n) is 2.58. The zero-order chi connectivity index (χ0) is 14.0. The van der Waals surface area contributed by atoms with Crippen LogP contribution < -0.4 is 5.56 Å². The van der Waals surface area contributed by atoms with E-state index in [1.165, 1.54) is 12.5 Å². The fourth-order valence-corrected chi connectivity index (χ4v) is 2.89. The highest BCUT2D eigenvalue weighted by Gasteiger charge is 2.17. The van der Waals surface area contributed by atoms with Crippen LogP contribution >= 0.6 is 11.6 Å². The Labute approximate surface area is 117 Å². The number of hydrogen-bond acceptors (Lipinski definition) is 3. The molecule has 1 heterocycles. The van der Waals surface area contributed by atoms with Crippen LogP contribution in [0.2, 0.25) is 5.02 Å². The summed E-state index contributed by atoms with van der Waals surface area (Å²) >= 11 is 5.92. The van der Waals surface area contributed by atoms with Crippen molar-refractivity contribution >= 4 is 22.4 Å². The molecule has 0 radical (unpaired) electrons. The smallest absolute Gasteiger partial charge is 0.267 e. The van der Waals surface area contributed by atoms with Gasteiger partial charge in [0.2, 0.25) is 0 Å². The molecule has 1 atom stereocenters. The predicted molar refractivity (Wildman–Crippen MR) is 74.6 cm³/mol. The maximum Gasteiger partial charge on any atom is 0.267 e. The van der Waals surface area contributed by atoms with Gasteiger partial charge in [0, 0.05) is 23.0 Å². The molecule has 2 rings (SSSR count). The molecule has 0 aliphatic heterocycles. The van der Waals surface area contributed by atoms with E-state index in [1.807, 2.05) is 0 Å². The number of pyridine rings is 1. The van der Waals surface area contributed by atoms with Crippen molar-refractivity contribution in [3.05, 3.63) is 51.4 Å². The van der Waals surface area contributed by atoms with Crippen LogP contribution in [0.15, 0.2) is 40.2 Å². The molecule has 0 fully saturated rings. The molecule has 0 amide bonds. The number of nitriles is 1. The Balaban J connectivity index is 2.82. The van der Waals surface area contributed by atoms with Crippen LogP contribution in [0.1, 0.15) is 5.56 Å². The van der Waals surface area contributed by atoms with Crippen LogP contribution in [0.3, 0.4) is 0 Å². The average Bonchev–Trinajstić information content (AvgIpc) is 2.38. The third kappa shape index (κ3) is 2.60. The number of aromatic nitrogens is 1. The van der Waals surface area contributed by atoms with E-state index >= 15 is 0 Å². The first kappa shape index (κ1) is 13.5. The van der Waals surface area contributed by atoms with Crippen molar-refractivity contribution in [2.75, 3.05) is 6.26 Å². The van der Waals surface area contributed by atoms with Crippen molar-refractivity contribution in [2.45, 2.75) is 4.90 Å². The van der Waals surface area contributed by atoms with Crippen molar-refractivity contribution in [3.63, 3.8) is 0 Å². The number of halogens is 1. The molecule has 96 valence electrons. The molecule has 4 nitrogen and oxygen atoms in total. The lowest BCUT2D eigenvalue weighted by atomic mass is 10.1. The molecule has 2 aromatic rings. The number of benzene rings is 1. The van der Waals surface area contributed by atoms with Crippen LogP contribution in [0.5, 0.6) is 0 Å². The Morgan fingerprint density at radius 2 is 2.16 bits per heavy atom. The van der Waals surface area contributed by atoms with Crippen molar-refractivity contribution in [1.29, 1.82) is 5.26 Å². The summed E-state index contributed by atoms with van der Waals surface area (Å²) in [5.41, 5.74) is 0.571. The second-order valence-corrected chi connectivity index (χ2v) is 5.56. The molecule has 6 heteroatoms. The summed E-state index contributed by atoms with van der Waals surface area (Å²) in [4.78, 5) is 14.3. The number of nitrogens with zero attached hydrogens (tertiary/aromatic N) is 1. The fraction of sp³-hybridized carbons (Fsp3) is 0.0769. The topological polar surface area (TPSA) is 73.7 Å². The van der Waals surface area contributed by atoms with E-state index in [0.29, 0.717) is 16.1 Å². The van der Waals surface area contributed by atoms with Crippen LogP contribution in [-0.4, -0.2) is 15.4 Å². The Hall–Kier alpha value is -1.90. The summed E-state index contributed by atoms with van der Waals surface area (Å²) in [6.07, 6.45) is 2.88. The lowest BCUT2D eigenvalue weighted by Gasteiger charge is -2.08. The SMILES string of the molecule is CS(=O)c1c(-c2cccc(Cl)c2)c[nH]c(=O)c1C#N. The molecule has 1 N–H and O–H groups in total. The van der Waals surface area contributed by atoms with Crippen LogP contribution in [0, 0.1) is 11.3 Å². The maximum absolute atomic E-state index is 11.8. The van der Waals surface area contributed by atoms with E-state index in [0.717, 1.165) is 0 Å². The molecule has 0 saturated carbocycles. The van der Waals surface area contributed by atoms with Crippen molar-refractivity contribution in [2.24, 2.45) is 0 Å². The Morgan fingerprint density at radius 1 is 1.42 bits per heavy atom.